The molecule has 0 aromatic heterocycles. The minimum absolute atomic E-state index is 0.0207. The van der Waals surface area contributed by atoms with Crippen LogP contribution < -0.4 is 0 Å². The monoisotopic (exact) mass is 282 g/mol. The molecule has 0 aromatic rings. The Morgan fingerprint density at radius 1 is 1.10 bits per heavy atom. The molecule has 3 atom stereocenters. The van der Waals surface area contributed by atoms with Crippen LogP contribution in [0.5, 0.6) is 0 Å². The van der Waals surface area contributed by atoms with E-state index in [1.165, 1.54) is 0 Å². The number of hydrogen-bond donors (Lipinski definition) is 1. The van der Waals surface area contributed by atoms with E-state index >= 15 is 0 Å². The number of rotatable bonds is 1. The minimum Gasteiger partial charge on any atom is -0.481 e. The van der Waals surface area contributed by atoms with Crippen LogP contribution in [0.2, 0.25) is 0 Å². The number of urea groups is 1. The standard InChI is InChI=1S/C15H26N2O3/c1-10-7-17(9-12(10)13(18)19)14(20)16-6-5-11(8-16)15(2,3)4/h10-12H,5-9H2,1-4H3,(H,18,19)/t10-,11?,12-/m1/s1. The van der Waals surface area contributed by atoms with Gasteiger partial charge < -0.3 is 14.9 Å². The Morgan fingerprint density at radius 3 is 2.20 bits per heavy atom. The molecule has 2 aliphatic heterocycles. The third-order valence-electron chi connectivity index (χ3n) is 4.88. The lowest BCUT2D eigenvalue weighted by Crippen LogP contribution is -2.41. The molecule has 0 saturated carbocycles. The van der Waals surface area contributed by atoms with Crippen molar-refractivity contribution in [3.8, 4) is 0 Å². The van der Waals surface area contributed by atoms with Crippen molar-refractivity contribution in [2.75, 3.05) is 26.2 Å². The lowest BCUT2D eigenvalue weighted by molar-refractivity contribution is -0.142. The van der Waals surface area contributed by atoms with Gasteiger partial charge in [0.2, 0.25) is 0 Å². The van der Waals surface area contributed by atoms with Gasteiger partial charge in [0.15, 0.2) is 0 Å². The Kier molecular flexibility index (Phi) is 3.98. The van der Waals surface area contributed by atoms with Crippen molar-refractivity contribution in [3.63, 3.8) is 0 Å². The van der Waals surface area contributed by atoms with Gasteiger partial charge in [-0.25, -0.2) is 4.79 Å². The smallest absolute Gasteiger partial charge is 0.320 e. The van der Waals surface area contributed by atoms with Gasteiger partial charge in [-0.1, -0.05) is 27.7 Å². The van der Waals surface area contributed by atoms with Gasteiger partial charge in [0.05, 0.1) is 5.92 Å². The Morgan fingerprint density at radius 2 is 1.75 bits per heavy atom. The van der Waals surface area contributed by atoms with Crippen LogP contribution in [0.25, 0.3) is 0 Å². The van der Waals surface area contributed by atoms with Gasteiger partial charge in [0.25, 0.3) is 0 Å². The second-order valence-corrected chi connectivity index (χ2v) is 7.41. The summed E-state index contributed by atoms with van der Waals surface area (Å²) in [7, 11) is 0. The summed E-state index contributed by atoms with van der Waals surface area (Å²) in [6.07, 6.45) is 1.04. The molecule has 2 saturated heterocycles. The zero-order chi connectivity index (χ0) is 15.1. The van der Waals surface area contributed by atoms with Crippen LogP contribution in [0.1, 0.15) is 34.1 Å². The minimum atomic E-state index is -0.790. The summed E-state index contributed by atoms with van der Waals surface area (Å²) in [6.45, 7) is 11.1. The molecule has 2 amide bonds. The van der Waals surface area contributed by atoms with Gasteiger partial charge in [-0.2, -0.15) is 0 Å². The number of carbonyl (C=O) groups excluding carboxylic acids is 1. The zero-order valence-corrected chi connectivity index (χ0v) is 12.9. The van der Waals surface area contributed by atoms with E-state index in [-0.39, 0.29) is 17.4 Å². The van der Waals surface area contributed by atoms with Crippen molar-refractivity contribution in [2.45, 2.75) is 34.1 Å². The topological polar surface area (TPSA) is 60.9 Å². The third kappa shape index (κ3) is 2.91. The first kappa shape index (κ1) is 15.1. The van der Waals surface area contributed by atoms with Crippen LogP contribution in [-0.2, 0) is 4.79 Å². The molecule has 1 unspecified atom stereocenters. The predicted molar refractivity (Wildman–Crippen MR) is 76.4 cm³/mol. The average molecular weight is 282 g/mol. The van der Waals surface area contributed by atoms with E-state index < -0.39 is 11.9 Å². The second-order valence-electron chi connectivity index (χ2n) is 7.41. The van der Waals surface area contributed by atoms with Crippen molar-refractivity contribution >= 4 is 12.0 Å². The number of carboxylic acids is 1. The molecule has 2 heterocycles. The molecule has 0 radical (unpaired) electrons. The van der Waals surface area contributed by atoms with E-state index in [4.69, 9.17) is 5.11 Å². The Balaban J connectivity index is 1.95. The summed E-state index contributed by atoms with van der Waals surface area (Å²) in [5, 5.41) is 9.15. The van der Waals surface area contributed by atoms with Crippen molar-refractivity contribution < 1.29 is 14.7 Å². The number of hydrogen-bond acceptors (Lipinski definition) is 2. The van der Waals surface area contributed by atoms with E-state index in [2.05, 4.69) is 20.8 Å². The SMILES string of the molecule is C[C@@H]1CN(C(=O)N2CCC(C(C)(C)C)C2)C[C@H]1C(=O)O. The fraction of sp³-hybridized carbons (Fsp3) is 0.867. The van der Waals surface area contributed by atoms with Gasteiger partial charge >= 0.3 is 12.0 Å². The highest BCUT2D eigenvalue weighted by molar-refractivity contribution is 5.78. The summed E-state index contributed by atoms with van der Waals surface area (Å²) in [4.78, 5) is 27.2. The molecule has 5 nitrogen and oxygen atoms in total. The molecule has 20 heavy (non-hydrogen) atoms. The van der Waals surface area contributed by atoms with Crippen molar-refractivity contribution in [3.05, 3.63) is 0 Å². The van der Waals surface area contributed by atoms with Gasteiger partial charge in [0.1, 0.15) is 0 Å². The van der Waals surface area contributed by atoms with Crippen LogP contribution in [0.4, 0.5) is 4.79 Å². The van der Waals surface area contributed by atoms with Crippen LogP contribution in [0, 0.1) is 23.2 Å². The third-order valence-corrected chi connectivity index (χ3v) is 4.88. The molecule has 2 fully saturated rings. The van der Waals surface area contributed by atoms with E-state index in [9.17, 15) is 9.59 Å². The van der Waals surface area contributed by atoms with Gasteiger partial charge in [-0.15, -0.1) is 0 Å². The summed E-state index contributed by atoms with van der Waals surface area (Å²) < 4.78 is 0. The second kappa shape index (κ2) is 5.26. The molecule has 114 valence electrons. The molecule has 0 aromatic carbocycles. The maximum atomic E-state index is 12.5. The fourth-order valence-electron chi connectivity index (χ4n) is 3.29. The predicted octanol–water partition coefficient (Wildman–Crippen LogP) is 2.13. The van der Waals surface area contributed by atoms with Gasteiger partial charge in [-0.05, 0) is 23.7 Å². The van der Waals surface area contributed by atoms with E-state index in [1.807, 2.05) is 11.8 Å². The van der Waals surface area contributed by atoms with Gasteiger partial charge in [0, 0.05) is 26.2 Å². The highest BCUT2D eigenvalue weighted by Crippen LogP contribution is 2.34. The highest BCUT2D eigenvalue weighted by Gasteiger charge is 2.41. The van der Waals surface area contributed by atoms with Crippen molar-refractivity contribution in [1.82, 2.24) is 9.80 Å². The van der Waals surface area contributed by atoms with E-state index in [0.29, 0.717) is 19.0 Å². The quantitative estimate of drug-likeness (QED) is 0.801. The van der Waals surface area contributed by atoms with Crippen molar-refractivity contribution in [1.29, 1.82) is 0 Å². The fourth-order valence-corrected chi connectivity index (χ4v) is 3.29. The average Bonchev–Trinajstić information content (AvgIpc) is 2.93. The Bertz CT molecular complexity index is 402. The van der Waals surface area contributed by atoms with Crippen LogP contribution in [0.15, 0.2) is 0 Å². The molecule has 2 aliphatic rings. The molecule has 0 aliphatic carbocycles. The number of carboxylic acid groups (broad SMARTS) is 1. The normalized spacial score (nSPS) is 30.9. The Labute approximate surface area is 120 Å². The largest absolute Gasteiger partial charge is 0.481 e. The maximum Gasteiger partial charge on any atom is 0.320 e. The van der Waals surface area contributed by atoms with Crippen LogP contribution in [0.3, 0.4) is 0 Å². The summed E-state index contributed by atoms with van der Waals surface area (Å²) in [5.41, 5.74) is 0.219. The molecular formula is C15H26N2O3. The molecule has 2 rings (SSSR count). The van der Waals surface area contributed by atoms with E-state index in [1.54, 1.807) is 4.90 Å². The number of nitrogens with zero attached hydrogens (tertiary/aromatic N) is 2. The molecular weight excluding hydrogens is 256 g/mol. The first-order chi connectivity index (χ1) is 9.20. The molecule has 5 heteroatoms. The number of amides is 2. The van der Waals surface area contributed by atoms with Gasteiger partial charge in [-0.3, -0.25) is 4.79 Å². The number of carbonyl (C=O) groups is 2. The Hall–Kier alpha value is -1.26. The number of aliphatic carboxylic acids is 1. The van der Waals surface area contributed by atoms with Crippen molar-refractivity contribution in [2.24, 2.45) is 23.2 Å². The van der Waals surface area contributed by atoms with Crippen LogP contribution in [-0.4, -0.2) is 53.1 Å². The lowest BCUT2D eigenvalue weighted by Gasteiger charge is -2.28. The van der Waals surface area contributed by atoms with Crippen LogP contribution >= 0.6 is 0 Å². The van der Waals surface area contributed by atoms with E-state index in [0.717, 1.165) is 19.5 Å². The zero-order valence-electron chi connectivity index (χ0n) is 12.9. The summed E-state index contributed by atoms with van der Waals surface area (Å²) >= 11 is 0. The lowest BCUT2D eigenvalue weighted by atomic mass is 9.80. The maximum absolute atomic E-state index is 12.5. The summed E-state index contributed by atoms with van der Waals surface area (Å²) in [5.74, 6) is -0.638. The molecule has 1 N–H and O–H groups in total. The molecule has 0 spiro atoms. The molecule has 0 bridgehead atoms. The number of likely N-dealkylation sites (tertiary alicyclic amines) is 2. The first-order valence-electron chi connectivity index (χ1n) is 7.47. The first-order valence-corrected chi connectivity index (χ1v) is 7.47. The summed E-state index contributed by atoms with van der Waals surface area (Å²) in [6, 6.07) is 0.0207. The highest BCUT2D eigenvalue weighted by atomic mass is 16.4.